The number of methoxy groups -OCH3 is 1. The van der Waals surface area contributed by atoms with Gasteiger partial charge >= 0.3 is 0 Å². The highest BCUT2D eigenvalue weighted by atomic mass is 16.5. The Morgan fingerprint density at radius 2 is 1.95 bits per heavy atom. The van der Waals surface area contributed by atoms with Crippen molar-refractivity contribution in [2.24, 2.45) is 17.3 Å². The highest BCUT2D eigenvalue weighted by molar-refractivity contribution is 6.05. The molecule has 1 N–H and O–H groups in total. The Hall–Kier alpha value is -3.86. The number of nitrogens with zero attached hydrogens (tertiary/aromatic N) is 4. The molecule has 0 saturated carbocycles. The Kier molecular flexibility index (Phi) is 9.22. The fourth-order valence-electron chi connectivity index (χ4n) is 5.49. The molecule has 41 heavy (non-hydrogen) atoms. The second-order valence-corrected chi connectivity index (χ2v) is 13.0. The molecular weight excluding hydrogens is 514 g/mol. The number of nitrogens with one attached hydrogen (secondary N) is 1. The van der Waals surface area contributed by atoms with Crippen LogP contribution < -0.4 is 15.0 Å². The molecule has 0 aliphatic carbocycles. The Balaban J connectivity index is 1.91. The predicted molar refractivity (Wildman–Crippen MR) is 165 cm³/mol. The van der Waals surface area contributed by atoms with Gasteiger partial charge in [0.05, 0.1) is 24.6 Å². The highest BCUT2D eigenvalue weighted by Crippen LogP contribution is 2.43. The molecule has 2 heterocycles. The number of anilines is 2. The zero-order valence-corrected chi connectivity index (χ0v) is 26.3. The Bertz CT molecular complexity index is 1380. The van der Waals surface area contributed by atoms with E-state index in [1.807, 2.05) is 37.7 Å². The molecule has 1 aromatic heterocycles. The van der Waals surface area contributed by atoms with Gasteiger partial charge in [0.1, 0.15) is 17.6 Å². The Morgan fingerprint density at radius 3 is 2.49 bits per heavy atom. The maximum Gasteiger partial charge on any atom is 0.255 e. The Labute approximate surface area is 245 Å². The number of allylic oxidation sites excluding steroid dienone is 1. The van der Waals surface area contributed by atoms with Crippen LogP contribution in [0.5, 0.6) is 5.75 Å². The van der Waals surface area contributed by atoms with Crippen molar-refractivity contribution in [2.45, 2.75) is 66.8 Å². The van der Waals surface area contributed by atoms with Crippen LogP contribution in [-0.2, 0) is 4.79 Å². The van der Waals surface area contributed by atoms with E-state index < -0.39 is 0 Å². The molecule has 0 spiro atoms. The fraction of sp³-hybridized carbons (Fsp3) is 0.515. The summed E-state index contributed by atoms with van der Waals surface area (Å²) >= 11 is 0. The average Bonchev–Trinajstić information content (AvgIpc) is 2.91. The SMILES string of the molecule is C=C(c1c(N(C)C)ncc(NC(=O)c2ccc(OC)c(C#N)c2)c1C)[C@@H]1CCN(C(=O)[C@H](C)C(C)(C)C)C(C)(C)C1. The molecule has 220 valence electrons. The topological polar surface area (TPSA) is 98.6 Å². The van der Waals surface area contributed by atoms with Gasteiger partial charge in [-0.25, -0.2) is 4.98 Å². The maximum atomic E-state index is 13.5. The summed E-state index contributed by atoms with van der Waals surface area (Å²) in [6, 6.07) is 6.83. The van der Waals surface area contributed by atoms with Crippen molar-refractivity contribution in [3.8, 4) is 11.8 Å². The molecule has 2 atom stereocenters. The standard InChI is InChI=1S/C33H45N5O3/c1-20(24-14-15-38(33(7,8)17-24)31(40)22(3)32(4,5)6)28-21(2)26(19-35-29(28)37(9)10)36-30(39)23-12-13-27(41-11)25(16-23)18-34/h12-13,16,19,22,24H,1,14-15,17H2,2-11H3,(H,36,39)/t22-,24+/m0/s1. The number of pyridine rings is 1. The minimum absolute atomic E-state index is 0.0800. The number of hydrogen-bond donors (Lipinski definition) is 1. The first-order chi connectivity index (χ1) is 19.0. The van der Waals surface area contributed by atoms with Gasteiger partial charge in [-0.15, -0.1) is 0 Å². The second-order valence-electron chi connectivity index (χ2n) is 13.0. The van der Waals surface area contributed by atoms with E-state index in [9.17, 15) is 14.9 Å². The zero-order valence-electron chi connectivity index (χ0n) is 26.3. The van der Waals surface area contributed by atoms with Crippen molar-refractivity contribution < 1.29 is 14.3 Å². The maximum absolute atomic E-state index is 13.5. The van der Waals surface area contributed by atoms with Gasteiger partial charge in [-0.1, -0.05) is 34.3 Å². The van der Waals surface area contributed by atoms with E-state index in [0.717, 1.165) is 35.4 Å². The number of rotatable bonds is 7. The van der Waals surface area contributed by atoms with Crippen molar-refractivity contribution >= 4 is 28.9 Å². The lowest BCUT2D eigenvalue weighted by Crippen LogP contribution is -2.55. The van der Waals surface area contributed by atoms with Crippen molar-refractivity contribution in [3.63, 3.8) is 0 Å². The van der Waals surface area contributed by atoms with Gasteiger partial charge in [-0.05, 0) is 74.3 Å². The van der Waals surface area contributed by atoms with Crippen molar-refractivity contribution in [2.75, 3.05) is 38.0 Å². The minimum Gasteiger partial charge on any atom is -0.495 e. The summed E-state index contributed by atoms with van der Waals surface area (Å²) in [5.74, 6) is 1.11. The number of piperidine rings is 1. The number of carbonyl (C=O) groups excluding carboxylic acids is 2. The molecule has 1 aliphatic rings. The largest absolute Gasteiger partial charge is 0.495 e. The van der Waals surface area contributed by atoms with Crippen LogP contribution in [0.15, 0.2) is 31.0 Å². The van der Waals surface area contributed by atoms with Gasteiger partial charge in [0.2, 0.25) is 5.91 Å². The molecule has 1 aromatic carbocycles. The zero-order chi connectivity index (χ0) is 30.9. The summed E-state index contributed by atoms with van der Waals surface area (Å²) in [5, 5.41) is 12.4. The van der Waals surface area contributed by atoms with Crippen LogP contribution in [0.4, 0.5) is 11.5 Å². The summed E-state index contributed by atoms with van der Waals surface area (Å²) in [6.45, 7) is 19.8. The van der Waals surface area contributed by atoms with E-state index in [2.05, 4.69) is 52.6 Å². The molecule has 0 radical (unpaired) electrons. The summed E-state index contributed by atoms with van der Waals surface area (Å²) < 4.78 is 5.20. The van der Waals surface area contributed by atoms with Crippen LogP contribution in [0.2, 0.25) is 0 Å². The molecule has 1 fully saturated rings. The van der Waals surface area contributed by atoms with Crippen LogP contribution in [0.3, 0.4) is 0 Å². The van der Waals surface area contributed by atoms with Gasteiger partial charge in [0, 0.05) is 43.2 Å². The van der Waals surface area contributed by atoms with Crippen molar-refractivity contribution in [1.29, 1.82) is 5.26 Å². The van der Waals surface area contributed by atoms with Crippen LogP contribution in [-0.4, -0.2) is 55.0 Å². The third-order valence-corrected chi connectivity index (χ3v) is 8.50. The molecule has 0 unspecified atom stereocenters. The van der Waals surface area contributed by atoms with Gasteiger partial charge in [0.15, 0.2) is 0 Å². The minimum atomic E-state index is -0.343. The number of carbonyl (C=O) groups is 2. The molecule has 2 amide bonds. The molecule has 3 rings (SSSR count). The average molecular weight is 560 g/mol. The number of benzene rings is 1. The van der Waals surface area contributed by atoms with Gasteiger partial charge in [0.25, 0.3) is 5.91 Å². The first kappa shape index (κ1) is 31.7. The number of nitriles is 1. The first-order valence-corrected chi connectivity index (χ1v) is 14.1. The van der Waals surface area contributed by atoms with E-state index in [4.69, 9.17) is 9.72 Å². The molecule has 8 nitrogen and oxygen atoms in total. The number of aromatic nitrogens is 1. The smallest absolute Gasteiger partial charge is 0.255 e. The quantitative estimate of drug-likeness (QED) is 0.427. The van der Waals surface area contributed by atoms with E-state index in [-0.39, 0.29) is 40.2 Å². The van der Waals surface area contributed by atoms with Crippen LogP contribution >= 0.6 is 0 Å². The molecule has 2 aromatic rings. The third-order valence-electron chi connectivity index (χ3n) is 8.50. The van der Waals surface area contributed by atoms with Crippen molar-refractivity contribution in [3.05, 3.63) is 53.2 Å². The second kappa shape index (κ2) is 11.9. The number of hydrogen-bond acceptors (Lipinski definition) is 6. The monoisotopic (exact) mass is 559 g/mol. The van der Waals surface area contributed by atoms with Crippen LogP contribution in [0.1, 0.15) is 81.4 Å². The molecule has 8 heteroatoms. The van der Waals surface area contributed by atoms with E-state index in [0.29, 0.717) is 23.5 Å². The molecule has 0 bridgehead atoms. The lowest BCUT2D eigenvalue weighted by molar-refractivity contribution is -0.146. The molecule has 1 aliphatic heterocycles. The van der Waals surface area contributed by atoms with Gasteiger partial charge < -0.3 is 19.9 Å². The summed E-state index contributed by atoms with van der Waals surface area (Å²) in [5.41, 5.74) is 3.51. The molecule has 1 saturated heterocycles. The Morgan fingerprint density at radius 1 is 1.29 bits per heavy atom. The van der Waals surface area contributed by atoms with Crippen LogP contribution in [0, 0.1) is 35.5 Å². The normalized spacial score (nSPS) is 17.3. The van der Waals surface area contributed by atoms with E-state index >= 15 is 0 Å². The van der Waals surface area contributed by atoms with Gasteiger partial charge in [-0.3, -0.25) is 9.59 Å². The lowest BCUT2D eigenvalue weighted by atomic mass is 9.74. The summed E-state index contributed by atoms with van der Waals surface area (Å²) in [6.07, 6.45) is 3.24. The fourth-order valence-corrected chi connectivity index (χ4v) is 5.49. The molecular formula is C33H45N5O3. The van der Waals surface area contributed by atoms with E-state index in [1.54, 1.807) is 18.3 Å². The number of likely N-dealkylation sites (tertiary alicyclic amines) is 1. The van der Waals surface area contributed by atoms with Crippen molar-refractivity contribution in [1.82, 2.24) is 9.88 Å². The number of ether oxygens (including phenoxy) is 1. The predicted octanol–water partition coefficient (Wildman–Crippen LogP) is 6.30. The summed E-state index contributed by atoms with van der Waals surface area (Å²) in [4.78, 5) is 35.4. The van der Waals surface area contributed by atoms with Gasteiger partial charge in [-0.2, -0.15) is 5.26 Å². The first-order valence-electron chi connectivity index (χ1n) is 14.1. The summed E-state index contributed by atoms with van der Waals surface area (Å²) in [7, 11) is 5.37. The highest BCUT2D eigenvalue weighted by Gasteiger charge is 2.42. The van der Waals surface area contributed by atoms with E-state index in [1.165, 1.54) is 13.2 Å². The lowest BCUT2D eigenvalue weighted by Gasteiger charge is -2.48. The number of amides is 2. The van der Waals surface area contributed by atoms with Crippen LogP contribution in [0.25, 0.3) is 5.57 Å². The third kappa shape index (κ3) is 6.56.